The molecule has 0 bridgehead atoms. The lowest BCUT2D eigenvalue weighted by Crippen LogP contribution is -2.01. The summed E-state index contributed by atoms with van der Waals surface area (Å²) in [7, 11) is 0. The van der Waals surface area contributed by atoms with Gasteiger partial charge in [-0.15, -0.1) is 0 Å². The van der Waals surface area contributed by atoms with Crippen molar-refractivity contribution in [2.75, 3.05) is 0 Å². The highest BCUT2D eigenvalue weighted by atomic mass is 35.5. The molecule has 2 aromatic carbocycles. The van der Waals surface area contributed by atoms with Crippen LogP contribution in [0.25, 0.3) is 0 Å². The molecule has 2 rings (SSSR count). The lowest BCUT2D eigenvalue weighted by Gasteiger charge is -2.11. The largest absolute Gasteiger partial charge is 0.478 e. The summed E-state index contributed by atoms with van der Waals surface area (Å²) < 4.78 is 5.48. The third kappa shape index (κ3) is 3.11. The zero-order valence-corrected chi connectivity index (χ0v) is 11.6. The van der Waals surface area contributed by atoms with Gasteiger partial charge in [-0.2, -0.15) is 0 Å². The van der Waals surface area contributed by atoms with Gasteiger partial charge in [0.15, 0.2) is 0 Å². The highest BCUT2D eigenvalue weighted by Crippen LogP contribution is 2.35. The van der Waals surface area contributed by atoms with Crippen LogP contribution in [0.1, 0.15) is 15.9 Å². The van der Waals surface area contributed by atoms with Gasteiger partial charge >= 0.3 is 11.7 Å². The average Bonchev–Trinajstić information content (AvgIpc) is 2.40. The van der Waals surface area contributed by atoms with Gasteiger partial charge in [0, 0.05) is 22.7 Å². The number of halogens is 1. The van der Waals surface area contributed by atoms with Crippen LogP contribution in [0.5, 0.6) is 11.5 Å². The maximum atomic E-state index is 11.1. The van der Waals surface area contributed by atoms with Gasteiger partial charge in [-0.05, 0) is 25.1 Å². The molecule has 2 aromatic rings. The van der Waals surface area contributed by atoms with Crippen LogP contribution in [-0.4, -0.2) is 16.0 Å². The van der Waals surface area contributed by atoms with E-state index in [1.54, 1.807) is 6.92 Å². The number of benzene rings is 2. The molecule has 0 aromatic heterocycles. The molecule has 0 saturated carbocycles. The average molecular weight is 308 g/mol. The van der Waals surface area contributed by atoms with Gasteiger partial charge in [0.2, 0.25) is 5.75 Å². The first-order valence-electron chi connectivity index (χ1n) is 5.85. The first-order valence-corrected chi connectivity index (χ1v) is 6.22. The number of carboxylic acid groups (broad SMARTS) is 1. The summed E-state index contributed by atoms with van der Waals surface area (Å²) in [5.74, 6) is -0.919. The fraction of sp³-hybridized carbons (Fsp3) is 0.0714. The highest BCUT2D eigenvalue weighted by molar-refractivity contribution is 6.30. The molecule has 21 heavy (non-hydrogen) atoms. The number of rotatable bonds is 4. The first kappa shape index (κ1) is 14.8. The molecule has 0 aliphatic rings. The zero-order chi connectivity index (χ0) is 15.6. The van der Waals surface area contributed by atoms with E-state index in [4.69, 9.17) is 21.4 Å². The Hall–Kier alpha value is -2.60. The van der Waals surface area contributed by atoms with Gasteiger partial charge < -0.3 is 9.84 Å². The van der Waals surface area contributed by atoms with Crippen LogP contribution in [-0.2, 0) is 0 Å². The van der Waals surface area contributed by atoms with Crippen molar-refractivity contribution in [2.24, 2.45) is 0 Å². The monoisotopic (exact) mass is 307 g/mol. The second-order valence-corrected chi connectivity index (χ2v) is 4.64. The van der Waals surface area contributed by atoms with Crippen LogP contribution < -0.4 is 4.74 Å². The van der Waals surface area contributed by atoms with Gasteiger partial charge in [0.1, 0.15) is 5.75 Å². The number of aromatic carboxylic acids is 1. The van der Waals surface area contributed by atoms with Crippen LogP contribution in [0.15, 0.2) is 36.4 Å². The van der Waals surface area contributed by atoms with Gasteiger partial charge in [-0.25, -0.2) is 4.79 Å². The minimum absolute atomic E-state index is 0.0434. The summed E-state index contributed by atoms with van der Waals surface area (Å²) in [6, 6.07) is 8.39. The maximum absolute atomic E-state index is 11.1. The van der Waals surface area contributed by atoms with E-state index in [1.165, 1.54) is 36.4 Å². The zero-order valence-electron chi connectivity index (χ0n) is 10.9. The van der Waals surface area contributed by atoms with Crippen LogP contribution in [0.2, 0.25) is 5.02 Å². The smallest absolute Gasteiger partial charge is 0.336 e. The quantitative estimate of drug-likeness (QED) is 0.680. The fourth-order valence-corrected chi connectivity index (χ4v) is 1.96. The van der Waals surface area contributed by atoms with E-state index in [1.807, 2.05) is 0 Å². The third-order valence-corrected chi connectivity index (χ3v) is 3.09. The molecular formula is C14H10ClNO5. The predicted molar refractivity (Wildman–Crippen MR) is 76.3 cm³/mol. The molecule has 0 atom stereocenters. The van der Waals surface area contributed by atoms with Crippen molar-refractivity contribution in [3.8, 4) is 11.5 Å². The molecule has 1 N–H and O–H groups in total. The Labute approximate surface area is 124 Å². The van der Waals surface area contributed by atoms with E-state index < -0.39 is 10.9 Å². The Bertz CT molecular complexity index is 729. The number of ether oxygens (including phenoxy) is 1. The number of carboxylic acids is 1. The molecule has 108 valence electrons. The minimum Gasteiger partial charge on any atom is -0.478 e. The Morgan fingerprint density at radius 1 is 1.29 bits per heavy atom. The number of nitro groups is 1. The normalized spacial score (nSPS) is 10.2. The Morgan fingerprint density at radius 2 is 2.00 bits per heavy atom. The molecule has 0 radical (unpaired) electrons. The van der Waals surface area contributed by atoms with Gasteiger partial charge in [0.05, 0.1) is 10.5 Å². The molecule has 0 fully saturated rings. The standard InChI is InChI=1S/C14H10ClNO5/c1-8-10(14(17)18)3-2-4-12(8)21-13-7-9(15)5-6-11(13)16(19)20/h2-7H,1H3,(H,17,18). The molecule has 0 aliphatic carbocycles. The predicted octanol–water partition coefficient (Wildman–Crippen LogP) is 4.05. The van der Waals surface area contributed by atoms with Crippen LogP contribution >= 0.6 is 11.6 Å². The summed E-state index contributed by atoms with van der Waals surface area (Å²) in [6.07, 6.45) is 0. The van der Waals surface area contributed by atoms with Gasteiger partial charge in [-0.1, -0.05) is 17.7 Å². The second kappa shape index (κ2) is 5.80. The van der Waals surface area contributed by atoms with Crippen LogP contribution in [0, 0.1) is 17.0 Å². The van der Waals surface area contributed by atoms with E-state index in [-0.39, 0.29) is 27.8 Å². The van der Waals surface area contributed by atoms with Gasteiger partial charge in [-0.3, -0.25) is 10.1 Å². The number of nitrogens with zero attached hydrogens (tertiary/aromatic N) is 1. The van der Waals surface area contributed by atoms with Crippen molar-refractivity contribution in [3.63, 3.8) is 0 Å². The second-order valence-electron chi connectivity index (χ2n) is 4.21. The van der Waals surface area contributed by atoms with Gasteiger partial charge in [0.25, 0.3) is 0 Å². The van der Waals surface area contributed by atoms with Crippen molar-refractivity contribution in [1.29, 1.82) is 0 Å². The summed E-state index contributed by atoms with van der Waals surface area (Å²) in [6.45, 7) is 1.56. The van der Waals surface area contributed by atoms with Crippen molar-refractivity contribution in [3.05, 3.63) is 62.7 Å². The molecule has 0 aliphatic heterocycles. The molecule has 0 spiro atoms. The van der Waals surface area contributed by atoms with Crippen molar-refractivity contribution in [2.45, 2.75) is 6.92 Å². The number of nitro benzene ring substituents is 1. The van der Waals surface area contributed by atoms with E-state index in [9.17, 15) is 14.9 Å². The van der Waals surface area contributed by atoms with Crippen molar-refractivity contribution >= 4 is 23.3 Å². The summed E-state index contributed by atoms with van der Waals surface area (Å²) in [5.41, 5.74) is 0.191. The summed E-state index contributed by atoms with van der Waals surface area (Å²) >= 11 is 5.81. The lowest BCUT2D eigenvalue weighted by molar-refractivity contribution is -0.385. The highest BCUT2D eigenvalue weighted by Gasteiger charge is 2.18. The molecule has 0 heterocycles. The van der Waals surface area contributed by atoms with Crippen molar-refractivity contribution < 1.29 is 19.6 Å². The number of hydrogen-bond acceptors (Lipinski definition) is 4. The molecule has 0 unspecified atom stereocenters. The molecule has 0 amide bonds. The van der Waals surface area contributed by atoms with Crippen LogP contribution in [0.4, 0.5) is 5.69 Å². The topological polar surface area (TPSA) is 89.7 Å². The molecular weight excluding hydrogens is 298 g/mol. The summed E-state index contributed by atoms with van der Waals surface area (Å²) in [5, 5.41) is 20.3. The molecule has 7 heteroatoms. The first-order chi connectivity index (χ1) is 9.90. The number of hydrogen-bond donors (Lipinski definition) is 1. The minimum atomic E-state index is -1.10. The maximum Gasteiger partial charge on any atom is 0.336 e. The van der Waals surface area contributed by atoms with E-state index >= 15 is 0 Å². The fourth-order valence-electron chi connectivity index (χ4n) is 1.80. The third-order valence-electron chi connectivity index (χ3n) is 2.85. The van der Waals surface area contributed by atoms with Crippen molar-refractivity contribution in [1.82, 2.24) is 0 Å². The lowest BCUT2D eigenvalue weighted by atomic mass is 10.1. The van der Waals surface area contributed by atoms with E-state index in [0.29, 0.717) is 5.56 Å². The molecule has 0 saturated heterocycles. The van der Waals surface area contributed by atoms with E-state index in [0.717, 1.165) is 0 Å². The van der Waals surface area contributed by atoms with E-state index in [2.05, 4.69) is 0 Å². The molecule has 6 nitrogen and oxygen atoms in total. The number of carbonyl (C=O) groups is 1. The Kier molecular flexibility index (Phi) is 4.09. The van der Waals surface area contributed by atoms with Crippen LogP contribution in [0.3, 0.4) is 0 Å². The Balaban J connectivity index is 2.48. The SMILES string of the molecule is Cc1c(Oc2cc(Cl)ccc2[N+](=O)[O-])cccc1C(=O)O. The Morgan fingerprint density at radius 3 is 2.62 bits per heavy atom. The summed E-state index contributed by atoms with van der Waals surface area (Å²) in [4.78, 5) is 21.4.